The van der Waals surface area contributed by atoms with E-state index in [2.05, 4.69) is 25.9 Å². The highest BCUT2D eigenvalue weighted by Crippen LogP contribution is 2.20. The standard InChI is InChI=1S/C14H23N2O.HI/c1-16(2)12-4-3-7-13(16)8-5-10-15-11-6-9-14(15)17;/h13H,3-4,6-7,9-12H2,1-2H3;1H/q+1;/p-1. The molecule has 0 N–H and O–H groups in total. The van der Waals surface area contributed by atoms with Gasteiger partial charge in [-0.15, -0.1) is 0 Å². The average Bonchev–Trinajstić information content (AvgIpc) is 2.67. The topological polar surface area (TPSA) is 20.3 Å². The third kappa shape index (κ3) is 3.86. The summed E-state index contributed by atoms with van der Waals surface area (Å²) in [7, 11) is 4.53. The summed E-state index contributed by atoms with van der Waals surface area (Å²) in [5.74, 6) is 6.88. The minimum atomic E-state index is 0. The maximum Gasteiger partial charge on any atom is 0.223 e. The van der Waals surface area contributed by atoms with Gasteiger partial charge in [0.15, 0.2) is 6.04 Å². The molecule has 2 saturated heterocycles. The number of rotatable bonds is 1. The minimum Gasteiger partial charge on any atom is -1.00 e. The summed E-state index contributed by atoms with van der Waals surface area (Å²) in [4.78, 5) is 13.3. The molecule has 0 aromatic heterocycles. The van der Waals surface area contributed by atoms with Gasteiger partial charge in [-0.25, -0.2) is 0 Å². The zero-order valence-corrected chi connectivity index (χ0v) is 13.6. The molecule has 2 aliphatic heterocycles. The van der Waals surface area contributed by atoms with Crippen molar-refractivity contribution in [3.05, 3.63) is 0 Å². The number of piperidine rings is 1. The van der Waals surface area contributed by atoms with Crippen LogP contribution >= 0.6 is 0 Å². The minimum absolute atomic E-state index is 0. The molecule has 2 heterocycles. The van der Waals surface area contributed by atoms with Crippen LogP contribution in [0.2, 0.25) is 0 Å². The first kappa shape index (κ1) is 15.8. The third-order valence-corrected chi connectivity index (χ3v) is 4.02. The van der Waals surface area contributed by atoms with Gasteiger partial charge >= 0.3 is 0 Å². The predicted octanol–water partition coefficient (Wildman–Crippen LogP) is -1.75. The molecule has 4 heteroatoms. The van der Waals surface area contributed by atoms with Crippen LogP contribution in [-0.2, 0) is 4.79 Å². The van der Waals surface area contributed by atoms with Gasteiger partial charge in [0.05, 0.1) is 27.2 Å². The molecule has 3 nitrogen and oxygen atoms in total. The lowest BCUT2D eigenvalue weighted by Gasteiger charge is -2.38. The number of nitrogens with zero attached hydrogens (tertiary/aromatic N) is 2. The second-order valence-corrected chi connectivity index (χ2v) is 5.75. The van der Waals surface area contributed by atoms with E-state index < -0.39 is 0 Å². The van der Waals surface area contributed by atoms with Crippen LogP contribution in [0.25, 0.3) is 0 Å². The molecule has 18 heavy (non-hydrogen) atoms. The molecule has 1 unspecified atom stereocenters. The Morgan fingerprint density at radius 3 is 2.72 bits per heavy atom. The van der Waals surface area contributed by atoms with Gasteiger partial charge in [-0.1, -0.05) is 5.92 Å². The lowest BCUT2D eigenvalue weighted by molar-refractivity contribution is -0.911. The molecule has 1 atom stereocenters. The van der Waals surface area contributed by atoms with Crippen molar-refractivity contribution in [1.29, 1.82) is 0 Å². The molecule has 2 rings (SSSR count). The van der Waals surface area contributed by atoms with Crippen molar-refractivity contribution in [2.24, 2.45) is 0 Å². The third-order valence-electron chi connectivity index (χ3n) is 4.02. The number of hydrogen-bond donors (Lipinski definition) is 0. The van der Waals surface area contributed by atoms with Gasteiger partial charge in [-0.3, -0.25) is 4.79 Å². The first-order valence-corrected chi connectivity index (χ1v) is 6.68. The fourth-order valence-electron chi connectivity index (χ4n) is 2.74. The fraction of sp³-hybridized carbons (Fsp3) is 0.786. The van der Waals surface area contributed by atoms with Crippen molar-refractivity contribution >= 4 is 5.91 Å². The molecule has 0 bridgehead atoms. The summed E-state index contributed by atoms with van der Waals surface area (Å²) < 4.78 is 1.01. The van der Waals surface area contributed by atoms with Crippen LogP contribution in [0.5, 0.6) is 0 Å². The first-order valence-electron chi connectivity index (χ1n) is 6.68. The molecule has 1 amide bonds. The zero-order chi connectivity index (χ0) is 12.3. The quantitative estimate of drug-likeness (QED) is 0.308. The van der Waals surface area contributed by atoms with E-state index in [1.807, 2.05) is 4.90 Å². The number of halogens is 1. The van der Waals surface area contributed by atoms with Crippen molar-refractivity contribution in [1.82, 2.24) is 4.90 Å². The van der Waals surface area contributed by atoms with Crippen molar-refractivity contribution in [2.45, 2.75) is 38.1 Å². The first-order chi connectivity index (χ1) is 8.09. The smallest absolute Gasteiger partial charge is 0.223 e. The molecular formula is C14H23IN2O. The summed E-state index contributed by atoms with van der Waals surface area (Å²) in [6.07, 6.45) is 5.53. The average molecular weight is 362 g/mol. The Balaban J connectivity index is 0.00000162. The number of amides is 1. The lowest BCUT2D eigenvalue weighted by atomic mass is 10.0. The maximum atomic E-state index is 11.4. The van der Waals surface area contributed by atoms with E-state index in [1.165, 1.54) is 25.8 Å². The number of carbonyl (C=O) groups is 1. The number of hydrogen-bond acceptors (Lipinski definition) is 1. The van der Waals surface area contributed by atoms with Crippen molar-refractivity contribution in [3.8, 4) is 11.8 Å². The van der Waals surface area contributed by atoms with Gasteiger partial charge in [-0.2, -0.15) is 0 Å². The Morgan fingerprint density at radius 2 is 2.11 bits per heavy atom. The van der Waals surface area contributed by atoms with Gasteiger partial charge in [0.1, 0.15) is 0 Å². The van der Waals surface area contributed by atoms with Crippen LogP contribution in [0.1, 0.15) is 32.1 Å². The molecule has 2 fully saturated rings. The monoisotopic (exact) mass is 362 g/mol. The van der Waals surface area contributed by atoms with E-state index in [9.17, 15) is 4.79 Å². The maximum absolute atomic E-state index is 11.4. The fourth-order valence-corrected chi connectivity index (χ4v) is 2.74. The highest BCUT2D eigenvalue weighted by atomic mass is 127. The van der Waals surface area contributed by atoms with E-state index >= 15 is 0 Å². The highest BCUT2D eigenvalue weighted by Gasteiger charge is 2.29. The molecule has 0 aromatic carbocycles. The largest absolute Gasteiger partial charge is 1.00 e. The number of likely N-dealkylation sites (tertiary alicyclic amines) is 2. The summed E-state index contributed by atoms with van der Waals surface area (Å²) in [5.41, 5.74) is 0. The molecular weight excluding hydrogens is 339 g/mol. The Morgan fingerprint density at radius 1 is 1.33 bits per heavy atom. The van der Waals surface area contributed by atoms with Gasteiger partial charge in [-0.05, 0) is 25.2 Å². The summed E-state index contributed by atoms with van der Waals surface area (Å²) in [6.45, 7) is 2.76. The van der Waals surface area contributed by atoms with E-state index in [0.717, 1.165) is 17.4 Å². The Bertz CT molecular complexity index is 357. The zero-order valence-electron chi connectivity index (χ0n) is 11.4. The van der Waals surface area contributed by atoms with Crippen LogP contribution in [0, 0.1) is 11.8 Å². The molecule has 0 spiro atoms. The molecule has 102 valence electrons. The van der Waals surface area contributed by atoms with Gasteiger partial charge in [0.25, 0.3) is 0 Å². The van der Waals surface area contributed by atoms with Gasteiger partial charge in [0, 0.05) is 19.4 Å². The van der Waals surface area contributed by atoms with Gasteiger partial charge in [0.2, 0.25) is 5.91 Å². The Kier molecular flexibility index (Phi) is 5.93. The predicted molar refractivity (Wildman–Crippen MR) is 68.2 cm³/mol. The highest BCUT2D eigenvalue weighted by molar-refractivity contribution is 5.78. The second kappa shape index (κ2) is 6.76. The molecule has 2 aliphatic rings. The lowest BCUT2D eigenvalue weighted by Crippen LogP contribution is -3.00. The van der Waals surface area contributed by atoms with Crippen LogP contribution in [0.3, 0.4) is 0 Å². The normalized spacial score (nSPS) is 26.2. The van der Waals surface area contributed by atoms with Crippen LogP contribution in [0.15, 0.2) is 0 Å². The molecule has 0 radical (unpaired) electrons. The molecule has 0 saturated carbocycles. The van der Waals surface area contributed by atoms with Crippen LogP contribution < -0.4 is 24.0 Å². The number of carbonyl (C=O) groups excluding carboxylic acids is 1. The number of quaternary nitrogens is 1. The van der Waals surface area contributed by atoms with E-state index in [0.29, 0.717) is 19.0 Å². The van der Waals surface area contributed by atoms with Crippen molar-refractivity contribution in [3.63, 3.8) is 0 Å². The van der Waals surface area contributed by atoms with Crippen LogP contribution in [-0.4, -0.2) is 55.1 Å². The summed E-state index contributed by atoms with van der Waals surface area (Å²) >= 11 is 0. The second-order valence-electron chi connectivity index (χ2n) is 5.75. The summed E-state index contributed by atoms with van der Waals surface area (Å²) in [6, 6.07) is 0.460. The summed E-state index contributed by atoms with van der Waals surface area (Å²) in [5, 5.41) is 0. The molecule has 0 aromatic rings. The Hall–Kier alpha value is -0.280. The van der Waals surface area contributed by atoms with E-state index in [1.54, 1.807) is 0 Å². The van der Waals surface area contributed by atoms with E-state index in [-0.39, 0.29) is 29.9 Å². The van der Waals surface area contributed by atoms with Crippen LogP contribution in [0.4, 0.5) is 0 Å². The molecule has 0 aliphatic carbocycles. The van der Waals surface area contributed by atoms with Gasteiger partial charge < -0.3 is 33.4 Å². The Labute approximate surface area is 128 Å². The van der Waals surface area contributed by atoms with E-state index in [4.69, 9.17) is 0 Å². The SMILES string of the molecule is C[N+]1(C)CCCCC1C#CCN1CCCC1=O.[I-]. The van der Waals surface area contributed by atoms with Crippen molar-refractivity contribution in [2.75, 3.05) is 33.7 Å². The van der Waals surface area contributed by atoms with Crippen molar-refractivity contribution < 1.29 is 33.3 Å².